The van der Waals surface area contributed by atoms with Gasteiger partial charge < -0.3 is 14.5 Å². The second-order valence-electron chi connectivity index (χ2n) is 16.3. The largest absolute Gasteiger partial charge is 0.453 e. The van der Waals surface area contributed by atoms with Gasteiger partial charge in [0.1, 0.15) is 41.7 Å². The van der Waals surface area contributed by atoms with Crippen LogP contribution in [0.15, 0.2) is 78.0 Å². The molecule has 0 bridgehead atoms. The Hall–Kier alpha value is -7.31. The van der Waals surface area contributed by atoms with E-state index in [-0.39, 0.29) is 60.3 Å². The fraction of sp³-hybridized carbons (Fsp3) is 0.302. The minimum atomic E-state index is -4.25. The van der Waals surface area contributed by atoms with Crippen LogP contribution in [0.3, 0.4) is 0 Å². The van der Waals surface area contributed by atoms with Crippen molar-refractivity contribution in [1.29, 1.82) is 5.26 Å². The molecule has 7 heterocycles. The number of hydrogen-bond acceptors (Lipinski definition) is 13. The van der Waals surface area contributed by atoms with E-state index in [1.807, 2.05) is 6.07 Å². The predicted octanol–water partition coefficient (Wildman–Crippen LogP) is 3.26. The minimum Gasteiger partial charge on any atom is -0.453 e. The molecule has 1 unspecified atom stereocenters. The van der Waals surface area contributed by atoms with Crippen molar-refractivity contribution in [2.24, 2.45) is 11.8 Å². The third-order valence-electron chi connectivity index (χ3n) is 12.5. The van der Waals surface area contributed by atoms with Crippen LogP contribution >= 0.6 is 0 Å². The Bertz CT molecular complexity index is 3040. The normalized spacial score (nSPS) is 20.5. The summed E-state index contributed by atoms with van der Waals surface area (Å²) in [6, 6.07) is 15.7. The lowest BCUT2D eigenvalue weighted by atomic mass is 9.80. The Balaban J connectivity index is 0.774. The fourth-order valence-electron chi connectivity index (χ4n) is 8.81. The first-order valence-corrected chi connectivity index (χ1v) is 21.9. The van der Waals surface area contributed by atoms with Gasteiger partial charge in [0.05, 0.1) is 39.6 Å². The fourth-order valence-corrected chi connectivity index (χ4v) is 10.1. The zero-order chi connectivity index (χ0) is 44.6. The number of alkyl halides is 1. The molecular formula is C43H36F2N10O8S. The Kier molecular flexibility index (Phi) is 9.86. The zero-order valence-electron chi connectivity index (χ0n) is 33.6. The molecule has 4 amide bonds. The van der Waals surface area contributed by atoms with Gasteiger partial charge >= 0.3 is 10.2 Å². The molecule has 4 fully saturated rings. The second-order valence-corrected chi connectivity index (χ2v) is 18.0. The summed E-state index contributed by atoms with van der Waals surface area (Å²) in [5.41, 5.74) is 0.852. The van der Waals surface area contributed by atoms with E-state index in [0.717, 1.165) is 59.0 Å². The number of carbonyl (C=O) groups is 4. The topological polar surface area (TPSA) is 220 Å². The summed E-state index contributed by atoms with van der Waals surface area (Å²) in [4.78, 5) is 78.5. The smallest absolute Gasteiger partial charge is 0.301 e. The first-order chi connectivity index (χ1) is 30.8. The van der Waals surface area contributed by atoms with Gasteiger partial charge in [0.2, 0.25) is 11.8 Å². The van der Waals surface area contributed by atoms with E-state index in [9.17, 15) is 42.0 Å². The van der Waals surface area contributed by atoms with Crippen molar-refractivity contribution in [1.82, 2.24) is 29.1 Å². The Morgan fingerprint density at radius 2 is 1.59 bits per heavy atom. The van der Waals surface area contributed by atoms with E-state index in [4.69, 9.17) is 4.74 Å². The van der Waals surface area contributed by atoms with E-state index < -0.39 is 68.7 Å². The maximum atomic E-state index is 15.1. The van der Waals surface area contributed by atoms with Gasteiger partial charge in [-0.25, -0.2) is 18.7 Å². The lowest BCUT2D eigenvalue weighted by Crippen LogP contribution is -2.60. The zero-order valence-corrected chi connectivity index (χ0v) is 34.4. The van der Waals surface area contributed by atoms with E-state index in [0.29, 0.717) is 23.0 Å². The molecule has 10 rings (SSSR count). The number of anilines is 3. The Morgan fingerprint density at radius 1 is 0.844 bits per heavy atom. The second kappa shape index (κ2) is 15.5. The quantitative estimate of drug-likeness (QED) is 0.193. The highest BCUT2D eigenvalue weighted by atomic mass is 32.2. The van der Waals surface area contributed by atoms with Crippen LogP contribution in [0.25, 0.3) is 16.6 Å². The molecule has 0 saturated carbocycles. The number of pyridine rings is 1. The van der Waals surface area contributed by atoms with E-state index in [1.54, 1.807) is 36.5 Å². The van der Waals surface area contributed by atoms with Crippen LogP contribution in [0.5, 0.6) is 11.5 Å². The van der Waals surface area contributed by atoms with Gasteiger partial charge in [-0.3, -0.25) is 43.5 Å². The maximum Gasteiger partial charge on any atom is 0.301 e. The number of ether oxygens (including phenoxy) is 1. The molecule has 5 aliphatic heterocycles. The predicted molar refractivity (Wildman–Crippen MR) is 224 cm³/mol. The van der Waals surface area contributed by atoms with Crippen molar-refractivity contribution in [2.45, 2.75) is 31.5 Å². The molecular weight excluding hydrogens is 855 g/mol. The molecule has 326 valence electrons. The van der Waals surface area contributed by atoms with Gasteiger partial charge in [-0.15, -0.1) is 0 Å². The number of fused-ring (bicyclic) bond motifs is 2. The van der Waals surface area contributed by atoms with Gasteiger partial charge in [-0.2, -0.15) is 18.0 Å². The first kappa shape index (κ1) is 40.7. The van der Waals surface area contributed by atoms with Crippen LogP contribution in [0.1, 0.15) is 45.5 Å². The summed E-state index contributed by atoms with van der Waals surface area (Å²) in [6.45, 7) is 2.66. The number of benzene rings is 3. The van der Waals surface area contributed by atoms with Crippen molar-refractivity contribution in [2.75, 3.05) is 53.8 Å². The van der Waals surface area contributed by atoms with Crippen LogP contribution in [0, 0.1) is 29.0 Å². The molecule has 3 aromatic carbocycles. The summed E-state index contributed by atoms with van der Waals surface area (Å²) >= 11 is 0. The van der Waals surface area contributed by atoms with Crippen molar-refractivity contribution in [3.05, 3.63) is 106 Å². The van der Waals surface area contributed by atoms with Crippen LogP contribution in [-0.4, -0.2) is 107 Å². The Morgan fingerprint density at radius 3 is 2.30 bits per heavy atom. The summed E-state index contributed by atoms with van der Waals surface area (Å²) in [5, 5.41) is 12.3. The number of imide groups is 2. The average Bonchev–Trinajstić information content (AvgIpc) is 3.80. The highest BCUT2D eigenvalue weighted by molar-refractivity contribution is 7.90. The molecule has 0 spiro atoms. The summed E-state index contributed by atoms with van der Waals surface area (Å²) in [7, 11) is -4.25. The molecule has 0 radical (unpaired) electrons. The number of nitriles is 1. The number of hydrogen-bond donors (Lipinski definition) is 2. The Labute approximate surface area is 362 Å². The van der Waals surface area contributed by atoms with Crippen LogP contribution in [0.2, 0.25) is 0 Å². The number of piperidine rings is 1. The molecule has 0 aliphatic carbocycles. The SMILES string of the molecule is N#Cc1c(NS(=O)(=O)N2CC[C@@H](F)C2)ccc(F)c1Oc1ccc2ncn(-c3ccc(N4CC(C5CN(c6ccc7c(c6)C(=O)N(C6CCC(=O)NC6=O)C7=O)C5)C4)nc3)c(=O)c2c1. The van der Waals surface area contributed by atoms with Crippen molar-refractivity contribution >= 4 is 61.9 Å². The van der Waals surface area contributed by atoms with Gasteiger partial charge in [-0.05, 0) is 73.5 Å². The number of aromatic nitrogens is 3. The highest BCUT2D eigenvalue weighted by Gasteiger charge is 2.46. The van der Waals surface area contributed by atoms with Crippen molar-refractivity contribution < 1.29 is 41.1 Å². The number of nitrogens with one attached hydrogen (secondary N) is 2. The summed E-state index contributed by atoms with van der Waals surface area (Å²) < 4.78 is 64.9. The molecule has 5 aliphatic rings. The van der Waals surface area contributed by atoms with Gasteiger partial charge in [0.25, 0.3) is 17.4 Å². The number of rotatable bonds is 10. The lowest BCUT2D eigenvalue weighted by Gasteiger charge is -2.51. The van der Waals surface area contributed by atoms with Crippen LogP contribution in [0.4, 0.5) is 26.0 Å². The number of halogens is 2. The summed E-state index contributed by atoms with van der Waals surface area (Å²) in [6.07, 6.45) is 1.77. The molecule has 5 aromatic rings. The lowest BCUT2D eigenvalue weighted by molar-refractivity contribution is -0.136. The first-order valence-electron chi connectivity index (χ1n) is 20.4. The molecule has 21 heteroatoms. The number of carbonyl (C=O) groups excluding carboxylic acids is 4. The monoisotopic (exact) mass is 890 g/mol. The van der Waals surface area contributed by atoms with E-state index in [2.05, 4.69) is 29.8 Å². The number of amides is 4. The third-order valence-corrected chi connectivity index (χ3v) is 13.9. The molecule has 18 nitrogen and oxygen atoms in total. The number of nitrogens with zero attached hydrogens (tertiary/aromatic N) is 8. The molecule has 2 atom stereocenters. The van der Waals surface area contributed by atoms with Gasteiger partial charge in [0, 0.05) is 63.2 Å². The minimum absolute atomic E-state index is 0.0213. The molecule has 2 N–H and O–H groups in total. The third kappa shape index (κ3) is 7.04. The molecule has 64 heavy (non-hydrogen) atoms. The van der Waals surface area contributed by atoms with Crippen LogP contribution in [-0.2, 0) is 19.8 Å². The highest BCUT2D eigenvalue weighted by Crippen LogP contribution is 2.39. The van der Waals surface area contributed by atoms with Gasteiger partial charge in [-0.1, -0.05) is 0 Å². The summed E-state index contributed by atoms with van der Waals surface area (Å²) in [5.74, 6) is -2.20. The van der Waals surface area contributed by atoms with E-state index in [1.165, 1.54) is 29.1 Å². The van der Waals surface area contributed by atoms with E-state index >= 15 is 4.39 Å². The van der Waals surface area contributed by atoms with Crippen LogP contribution < -0.4 is 30.1 Å². The van der Waals surface area contributed by atoms with Crippen molar-refractivity contribution in [3.8, 4) is 23.3 Å². The maximum absolute atomic E-state index is 15.1. The molecule has 4 saturated heterocycles. The van der Waals surface area contributed by atoms with Gasteiger partial charge in [0.15, 0.2) is 11.6 Å². The molecule has 2 aromatic heterocycles. The standard InChI is InChI=1S/C43H36F2N10O8S/c44-25-11-12-53(21-25)64(61,62)50-35-7-5-33(45)39(32(35)15-46)63-28-3-6-34-31(14-28)41(58)54(22-48-34)27-2-9-37(47-16-27)52-19-24(20-52)23-17-51(18-23)26-1-4-29-30(13-26)43(60)55(42(29)59)36-8-10-38(56)49-40(36)57/h1-7,9,13-14,16,22-25,36,50H,8,10-12,17-21H2,(H,49,56,57)/t25-,36?/m1/s1. The average molecular weight is 891 g/mol. The van der Waals surface area contributed by atoms with Crippen molar-refractivity contribution in [3.63, 3.8) is 0 Å².